The zero-order valence-electron chi connectivity index (χ0n) is 15.1. The normalized spacial score (nSPS) is 12.5. The molecule has 3 aromatic rings. The van der Waals surface area contributed by atoms with E-state index in [0.29, 0.717) is 17.1 Å². The fraction of sp³-hybridized carbons (Fsp3) is 0.190. The topological polar surface area (TPSA) is 76.0 Å². The molecule has 0 radical (unpaired) electrons. The third-order valence-corrected chi connectivity index (χ3v) is 4.68. The molecule has 2 aromatic carbocycles. The monoisotopic (exact) mass is 378 g/mol. The Balaban J connectivity index is 1.48. The van der Waals surface area contributed by atoms with E-state index in [0.717, 1.165) is 30.5 Å². The summed E-state index contributed by atoms with van der Waals surface area (Å²) in [4.78, 5) is 24.7. The minimum Gasteiger partial charge on any atom is -0.342 e. The number of hydrogen-bond donors (Lipinski definition) is 2. The van der Waals surface area contributed by atoms with Gasteiger partial charge in [-0.2, -0.15) is 5.10 Å². The molecule has 0 fully saturated rings. The van der Waals surface area contributed by atoms with Crippen molar-refractivity contribution in [1.82, 2.24) is 15.1 Å². The van der Waals surface area contributed by atoms with Crippen LogP contribution in [-0.2, 0) is 17.6 Å². The molecule has 1 aliphatic rings. The van der Waals surface area contributed by atoms with Crippen LogP contribution < -0.4 is 10.6 Å². The van der Waals surface area contributed by atoms with Gasteiger partial charge < -0.3 is 10.6 Å². The van der Waals surface area contributed by atoms with E-state index < -0.39 is 0 Å². The molecule has 0 saturated carbocycles. The first-order valence-electron chi connectivity index (χ1n) is 9.11. The molecule has 0 atom stereocenters. The number of benzene rings is 2. The molecule has 0 saturated heterocycles. The lowest BCUT2D eigenvalue weighted by Gasteiger charge is -2.07. The lowest BCUT2D eigenvalue weighted by atomic mass is 10.2. The van der Waals surface area contributed by atoms with Gasteiger partial charge in [-0.05, 0) is 55.7 Å². The second-order valence-corrected chi connectivity index (χ2v) is 6.61. The molecular weight excluding hydrogens is 359 g/mol. The Morgan fingerprint density at radius 2 is 1.79 bits per heavy atom. The maximum atomic E-state index is 13.2. The molecule has 0 bridgehead atoms. The lowest BCUT2D eigenvalue weighted by Crippen LogP contribution is -2.33. The molecule has 7 heteroatoms. The van der Waals surface area contributed by atoms with E-state index in [2.05, 4.69) is 15.7 Å². The van der Waals surface area contributed by atoms with E-state index >= 15 is 0 Å². The second-order valence-electron chi connectivity index (χ2n) is 6.61. The summed E-state index contributed by atoms with van der Waals surface area (Å²) in [5, 5.41) is 9.80. The number of fused-ring (bicyclic) bond motifs is 1. The molecule has 4 rings (SSSR count). The summed E-state index contributed by atoms with van der Waals surface area (Å²) in [6.45, 7) is -0.147. The predicted octanol–water partition coefficient (Wildman–Crippen LogP) is 2.87. The fourth-order valence-electron chi connectivity index (χ4n) is 3.39. The van der Waals surface area contributed by atoms with Crippen molar-refractivity contribution < 1.29 is 14.0 Å². The van der Waals surface area contributed by atoms with E-state index in [1.807, 2.05) is 18.2 Å². The van der Waals surface area contributed by atoms with Crippen molar-refractivity contribution in [2.75, 3.05) is 11.9 Å². The Kier molecular flexibility index (Phi) is 4.89. The largest absolute Gasteiger partial charge is 0.342 e. The third-order valence-electron chi connectivity index (χ3n) is 4.68. The van der Waals surface area contributed by atoms with Gasteiger partial charge in [0.05, 0.1) is 12.2 Å². The number of anilines is 1. The molecule has 2 N–H and O–H groups in total. The predicted molar refractivity (Wildman–Crippen MR) is 103 cm³/mol. The number of aromatic nitrogens is 2. The van der Waals surface area contributed by atoms with Crippen molar-refractivity contribution in [3.63, 3.8) is 0 Å². The maximum Gasteiger partial charge on any atom is 0.272 e. The van der Waals surface area contributed by atoms with Crippen LogP contribution in [0, 0.1) is 5.82 Å². The summed E-state index contributed by atoms with van der Waals surface area (Å²) in [5.74, 6) is -1.02. The van der Waals surface area contributed by atoms with Crippen LogP contribution in [0.15, 0.2) is 54.6 Å². The summed E-state index contributed by atoms with van der Waals surface area (Å²) in [7, 11) is 0. The number of amides is 2. The average Bonchev–Trinajstić information content (AvgIpc) is 3.30. The van der Waals surface area contributed by atoms with Gasteiger partial charge in [0, 0.05) is 16.9 Å². The Morgan fingerprint density at radius 1 is 1.04 bits per heavy atom. The molecule has 6 nitrogen and oxygen atoms in total. The molecule has 1 aromatic heterocycles. The van der Waals surface area contributed by atoms with Gasteiger partial charge >= 0.3 is 0 Å². The third kappa shape index (κ3) is 3.64. The van der Waals surface area contributed by atoms with Crippen LogP contribution in [0.2, 0.25) is 0 Å². The molecule has 0 spiro atoms. The Hall–Kier alpha value is -3.48. The molecule has 1 aliphatic carbocycles. The summed E-state index contributed by atoms with van der Waals surface area (Å²) in [6, 6.07) is 15.0. The quantitative estimate of drug-likeness (QED) is 0.717. The summed E-state index contributed by atoms with van der Waals surface area (Å²) in [5.41, 5.74) is 3.56. The van der Waals surface area contributed by atoms with Crippen LogP contribution in [-0.4, -0.2) is 28.1 Å². The molecule has 1 heterocycles. The highest BCUT2D eigenvalue weighted by atomic mass is 19.1. The van der Waals surface area contributed by atoms with Gasteiger partial charge in [-0.25, -0.2) is 9.07 Å². The van der Waals surface area contributed by atoms with Gasteiger partial charge in [-0.1, -0.05) is 18.2 Å². The molecule has 28 heavy (non-hydrogen) atoms. The van der Waals surface area contributed by atoms with Gasteiger partial charge in [-0.3, -0.25) is 9.59 Å². The van der Waals surface area contributed by atoms with Gasteiger partial charge in [0.15, 0.2) is 5.69 Å². The smallest absolute Gasteiger partial charge is 0.272 e. The van der Waals surface area contributed by atoms with Crippen molar-refractivity contribution in [2.45, 2.75) is 19.3 Å². The van der Waals surface area contributed by atoms with Crippen LogP contribution in [0.1, 0.15) is 28.2 Å². The van der Waals surface area contributed by atoms with Gasteiger partial charge in [0.2, 0.25) is 5.91 Å². The van der Waals surface area contributed by atoms with Gasteiger partial charge in [0.1, 0.15) is 5.82 Å². The average molecular weight is 378 g/mol. The first kappa shape index (κ1) is 17.9. The molecule has 2 amide bonds. The number of hydrogen-bond acceptors (Lipinski definition) is 3. The van der Waals surface area contributed by atoms with E-state index in [9.17, 15) is 14.0 Å². The number of rotatable bonds is 5. The zero-order valence-corrected chi connectivity index (χ0v) is 15.1. The first-order chi connectivity index (χ1) is 13.6. The molecule has 0 unspecified atom stereocenters. The lowest BCUT2D eigenvalue weighted by molar-refractivity contribution is -0.115. The van der Waals surface area contributed by atoms with Crippen LogP contribution in [0.5, 0.6) is 0 Å². The van der Waals surface area contributed by atoms with Crippen molar-refractivity contribution in [1.29, 1.82) is 0 Å². The Morgan fingerprint density at radius 3 is 2.54 bits per heavy atom. The SMILES string of the molecule is O=C(CNC(=O)c1nn(-c2ccc(F)cc2)c2c1CCC2)Nc1ccccc1. The summed E-state index contributed by atoms with van der Waals surface area (Å²) in [6.07, 6.45) is 2.50. The minimum absolute atomic E-state index is 0.147. The van der Waals surface area contributed by atoms with Gasteiger partial charge in [0.25, 0.3) is 5.91 Å². The number of nitrogens with one attached hydrogen (secondary N) is 2. The highest BCUT2D eigenvalue weighted by Crippen LogP contribution is 2.27. The van der Waals surface area contributed by atoms with E-state index in [1.165, 1.54) is 12.1 Å². The second kappa shape index (κ2) is 7.64. The number of para-hydroxylation sites is 1. The number of halogens is 1. The summed E-state index contributed by atoms with van der Waals surface area (Å²) < 4.78 is 14.9. The number of nitrogens with zero attached hydrogens (tertiary/aromatic N) is 2. The van der Waals surface area contributed by atoms with Crippen LogP contribution in [0.25, 0.3) is 5.69 Å². The van der Waals surface area contributed by atoms with Crippen molar-refractivity contribution in [3.8, 4) is 5.69 Å². The van der Waals surface area contributed by atoms with E-state index in [1.54, 1.807) is 28.9 Å². The Bertz CT molecular complexity index is 1010. The number of carbonyl (C=O) groups is 2. The minimum atomic E-state index is -0.387. The van der Waals surface area contributed by atoms with E-state index in [4.69, 9.17) is 0 Å². The fourth-order valence-corrected chi connectivity index (χ4v) is 3.39. The molecular formula is C21H19FN4O2. The van der Waals surface area contributed by atoms with Crippen LogP contribution >= 0.6 is 0 Å². The van der Waals surface area contributed by atoms with Crippen LogP contribution in [0.3, 0.4) is 0 Å². The van der Waals surface area contributed by atoms with Gasteiger partial charge in [-0.15, -0.1) is 0 Å². The van der Waals surface area contributed by atoms with Crippen LogP contribution in [0.4, 0.5) is 10.1 Å². The van der Waals surface area contributed by atoms with Crippen molar-refractivity contribution in [3.05, 3.63) is 77.4 Å². The van der Waals surface area contributed by atoms with Crippen molar-refractivity contribution >= 4 is 17.5 Å². The maximum absolute atomic E-state index is 13.2. The van der Waals surface area contributed by atoms with Crippen molar-refractivity contribution in [2.24, 2.45) is 0 Å². The highest BCUT2D eigenvalue weighted by molar-refractivity contribution is 5.99. The molecule has 142 valence electrons. The first-order valence-corrected chi connectivity index (χ1v) is 9.11. The Labute approximate surface area is 161 Å². The number of carbonyl (C=O) groups excluding carboxylic acids is 2. The van der Waals surface area contributed by atoms with E-state index in [-0.39, 0.29) is 24.2 Å². The standard InChI is InChI=1S/C21H19FN4O2/c22-14-9-11-16(12-10-14)26-18-8-4-7-17(18)20(25-26)21(28)23-13-19(27)24-15-5-2-1-3-6-15/h1-3,5-6,9-12H,4,7-8,13H2,(H,23,28)(H,24,27). The highest BCUT2D eigenvalue weighted by Gasteiger charge is 2.27. The molecule has 0 aliphatic heterocycles. The summed E-state index contributed by atoms with van der Waals surface area (Å²) >= 11 is 0. The zero-order chi connectivity index (χ0) is 19.5.